The van der Waals surface area contributed by atoms with Gasteiger partial charge >= 0.3 is 0 Å². The SMILES string of the molecule is CC(C)C(C(=O)NC1CCCCC1O)n1nnc(-c2ccccc2)n1. The number of hydrogen-bond donors (Lipinski definition) is 2. The van der Waals surface area contributed by atoms with Gasteiger partial charge in [0.25, 0.3) is 0 Å². The van der Waals surface area contributed by atoms with E-state index in [0.29, 0.717) is 5.82 Å². The Hall–Kier alpha value is -2.28. The number of carbonyl (C=O) groups is 1. The van der Waals surface area contributed by atoms with Crippen molar-refractivity contribution in [2.75, 3.05) is 0 Å². The minimum atomic E-state index is -0.556. The summed E-state index contributed by atoms with van der Waals surface area (Å²) in [5, 5.41) is 25.7. The molecule has 1 aliphatic carbocycles. The van der Waals surface area contributed by atoms with Crippen LogP contribution in [0.1, 0.15) is 45.6 Å². The Morgan fingerprint density at radius 1 is 1.24 bits per heavy atom. The van der Waals surface area contributed by atoms with Crippen LogP contribution in [0.4, 0.5) is 0 Å². The molecule has 1 fully saturated rings. The highest BCUT2D eigenvalue weighted by Crippen LogP contribution is 2.22. The summed E-state index contributed by atoms with van der Waals surface area (Å²) < 4.78 is 0. The van der Waals surface area contributed by atoms with Gasteiger partial charge in [0.15, 0.2) is 6.04 Å². The second-order valence-corrected chi connectivity index (χ2v) is 6.96. The predicted octanol–water partition coefficient (Wildman–Crippen LogP) is 1.96. The zero-order valence-electron chi connectivity index (χ0n) is 14.7. The zero-order valence-corrected chi connectivity index (χ0v) is 14.7. The first-order valence-electron chi connectivity index (χ1n) is 8.89. The van der Waals surface area contributed by atoms with Gasteiger partial charge in [-0.25, -0.2) is 0 Å². The first-order valence-corrected chi connectivity index (χ1v) is 8.89. The molecule has 134 valence electrons. The van der Waals surface area contributed by atoms with Crippen LogP contribution in [0.3, 0.4) is 0 Å². The van der Waals surface area contributed by atoms with E-state index in [1.54, 1.807) is 0 Å². The van der Waals surface area contributed by atoms with Crippen molar-refractivity contribution in [3.05, 3.63) is 30.3 Å². The van der Waals surface area contributed by atoms with Crippen LogP contribution in [0.25, 0.3) is 11.4 Å². The van der Waals surface area contributed by atoms with Gasteiger partial charge in [-0.3, -0.25) is 4.79 Å². The first kappa shape index (κ1) is 17.5. The number of aliphatic hydroxyl groups excluding tert-OH is 1. The summed E-state index contributed by atoms with van der Waals surface area (Å²) in [7, 11) is 0. The third-order valence-corrected chi connectivity index (χ3v) is 4.67. The van der Waals surface area contributed by atoms with Crippen molar-refractivity contribution in [1.29, 1.82) is 0 Å². The number of nitrogens with one attached hydrogen (secondary N) is 1. The minimum absolute atomic E-state index is 0.00134. The lowest BCUT2D eigenvalue weighted by atomic mass is 9.92. The molecule has 1 saturated carbocycles. The lowest BCUT2D eigenvalue weighted by Gasteiger charge is -2.30. The number of nitrogens with zero attached hydrogens (tertiary/aromatic N) is 4. The molecule has 0 aliphatic heterocycles. The molecule has 1 amide bonds. The molecular formula is C18H25N5O2. The van der Waals surface area contributed by atoms with Crippen molar-refractivity contribution in [2.45, 2.75) is 57.7 Å². The molecule has 0 spiro atoms. The molecule has 0 bridgehead atoms. The number of rotatable bonds is 5. The van der Waals surface area contributed by atoms with Gasteiger partial charge in [-0.1, -0.05) is 57.0 Å². The van der Waals surface area contributed by atoms with E-state index in [1.165, 1.54) is 4.80 Å². The van der Waals surface area contributed by atoms with Crippen molar-refractivity contribution in [3.63, 3.8) is 0 Å². The number of aromatic nitrogens is 4. The van der Waals surface area contributed by atoms with Gasteiger partial charge < -0.3 is 10.4 Å². The van der Waals surface area contributed by atoms with Crippen molar-refractivity contribution in [2.24, 2.45) is 5.92 Å². The number of tetrazole rings is 1. The average molecular weight is 343 g/mol. The van der Waals surface area contributed by atoms with Crippen molar-refractivity contribution < 1.29 is 9.90 Å². The molecule has 7 heteroatoms. The molecule has 3 atom stereocenters. The summed E-state index contributed by atoms with van der Waals surface area (Å²) in [6, 6.07) is 8.81. The van der Waals surface area contributed by atoms with E-state index < -0.39 is 12.1 Å². The quantitative estimate of drug-likeness (QED) is 0.866. The summed E-state index contributed by atoms with van der Waals surface area (Å²) in [6.45, 7) is 3.90. The Balaban J connectivity index is 1.77. The number of benzene rings is 1. The summed E-state index contributed by atoms with van der Waals surface area (Å²) in [5.41, 5.74) is 0.861. The maximum atomic E-state index is 12.8. The summed E-state index contributed by atoms with van der Waals surface area (Å²) in [4.78, 5) is 14.2. The molecule has 2 aromatic rings. The first-order chi connectivity index (χ1) is 12.1. The summed E-state index contributed by atoms with van der Waals surface area (Å²) in [5.74, 6) is 0.327. The average Bonchev–Trinajstić information content (AvgIpc) is 3.07. The molecule has 3 rings (SSSR count). The molecule has 1 aromatic heterocycles. The molecule has 0 radical (unpaired) electrons. The fraction of sp³-hybridized carbons (Fsp3) is 0.556. The maximum Gasteiger partial charge on any atom is 0.247 e. The lowest BCUT2D eigenvalue weighted by Crippen LogP contribution is -2.48. The topological polar surface area (TPSA) is 92.9 Å². The fourth-order valence-electron chi connectivity index (χ4n) is 3.27. The number of hydrogen-bond acceptors (Lipinski definition) is 5. The summed E-state index contributed by atoms with van der Waals surface area (Å²) >= 11 is 0. The van der Waals surface area contributed by atoms with Gasteiger partial charge in [-0.15, -0.1) is 10.2 Å². The van der Waals surface area contributed by atoms with Crippen molar-refractivity contribution in [1.82, 2.24) is 25.5 Å². The van der Waals surface area contributed by atoms with Gasteiger partial charge in [0.1, 0.15) is 0 Å². The third-order valence-electron chi connectivity index (χ3n) is 4.67. The van der Waals surface area contributed by atoms with E-state index in [1.807, 2.05) is 44.2 Å². The Bertz CT molecular complexity index is 701. The van der Waals surface area contributed by atoms with E-state index in [9.17, 15) is 9.90 Å². The second-order valence-electron chi connectivity index (χ2n) is 6.96. The van der Waals surface area contributed by atoms with Gasteiger partial charge in [0.05, 0.1) is 12.1 Å². The Kier molecular flexibility index (Phi) is 5.43. The van der Waals surface area contributed by atoms with Gasteiger partial charge in [0.2, 0.25) is 11.7 Å². The molecule has 2 N–H and O–H groups in total. The molecule has 25 heavy (non-hydrogen) atoms. The smallest absolute Gasteiger partial charge is 0.247 e. The zero-order chi connectivity index (χ0) is 17.8. The minimum Gasteiger partial charge on any atom is -0.391 e. The number of carbonyl (C=O) groups excluding carboxylic acids is 1. The van der Waals surface area contributed by atoms with E-state index in [0.717, 1.165) is 31.2 Å². The number of amides is 1. The normalized spacial score (nSPS) is 21.9. The van der Waals surface area contributed by atoms with Crippen molar-refractivity contribution >= 4 is 5.91 Å². The largest absolute Gasteiger partial charge is 0.391 e. The molecular weight excluding hydrogens is 318 g/mol. The highest BCUT2D eigenvalue weighted by atomic mass is 16.3. The monoisotopic (exact) mass is 343 g/mol. The Morgan fingerprint density at radius 3 is 2.64 bits per heavy atom. The number of aliphatic hydroxyl groups is 1. The van der Waals surface area contributed by atoms with Crippen LogP contribution in [0.5, 0.6) is 0 Å². The molecule has 1 heterocycles. The van der Waals surface area contributed by atoms with Crippen molar-refractivity contribution in [3.8, 4) is 11.4 Å². The fourth-order valence-corrected chi connectivity index (χ4v) is 3.27. The molecule has 0 saturated heterocycles. The second kappa shape index (κ2) is 7.74. The van der Waals surface area contributed by atoms with Gasteiger partial charge in [-0.2, -0.15) is 4.80 Å². The highest BCUT2D eigenvalue weighted by Gasteiger charge is 2.31. The van der Waals surface area contributed by atoms with E-state index >= 15 is 0 Å². The molecule has 7 nitrogen and oxygen atoms in total. The van der Waals surface area contributed by atoms with E-state index in [-0.39, 0.29) is 17.9 Å². The van der Waals surface area contributed by atoms with Crippen LogP contribution in [0.2, 0.25) is 0 Å². The van der Waals surface area contributed by atoms with Gasteiger partial charge in [-0.05, 0) is 24.0 Å². The Labute approximate surface area is 147 Å². The Morgan fingerprint density at radius 2 is 1.96 bits per heavy atom. The van der Waals surface area contributed by atoms with Crippen LogP contribution in [-0.2, 0) is 4.79 Å². The predicted molar refractivity (Wildman–Crippen MR) is 93.5 cm³/mol. The van der Waals surface area contributed by atoms with E-state index in [4.69, 9.17) is 0 Å². The van der Waals surface area contributed by atoms with Crippen LogP contribution in [0, 0.1) is 5.92 Å². The maximum absolute atomic E-state index is 12.8. The van der Waals surface area contributed by atoms with Crippen LogP contribution >= 0.6 is 0 Å². The van der Waals surface area contributed by atoms with Crippen LogP contribution in [0.15, 0.2) is 30.3 Å². The third kappa shape index (κ3) is 4.04. The van der Waals surface area contributed by atoms with E-state index in [2.05, 4.69) is 20.7 Å². The molecule has 1 aliphatic rings. The van der Waals surface area contributed by atoms with Crippen LogP contribution < -0.4 is 5.32 Å². The summed E-state index contributed by atoms with van der Waals surface area (Å²) in [6.07, 6.45) is 3.09. The van der Waals surface area contributed by atoms with Crippen LogP contribution in [-0.4, -0.2) is 43.4 Å². The highest BCUT2D eigenvalue weighted by molar-refractivity contribution is 5.80. The lowest BCUT2D eigenvalue weighted by molar-refractivity contribution is -0.128. The molecule has 3 unspecified atom stereocenters. The molecule has 1 aromatic carbocycles. The standard InChI is InChI=1S/C18H25N5O2/c1-12(2)16(18(25)19-14-10-6-7-11-15(14)24)23-21-17(20-22-23)13-8-4-3-5-9-13/h3-5,8-9,12,14-16,24H,6-7,10-11H2,1-2H3,(H,19,25). The van der Waals surface area contributed by atoms with Gasteiger partial charge in [0, 0.05) is 5.56 Å².